The Hall–Kier alpha value is -3.38. The zero-order valence-electron chi connectivity index (χ0n) is 19.0. The molecule has 1 heterocycles. The molecule has 3 aromatic rings. The number of anilines is 1. The molecule has 4 rings (SSSR count). The molecule has 1 fully saturated rings. The third kappa shape index (κ3) is 5.71. The Kier molecular flexibility index (Phi) is 7.58. The predicted molar refractivity (Wildman–Crippen MR) is 131 cm³/mol. The van der Waals surface area contributed by atoms with E-state index in [0.717, 1.165) is 37.4 Å². The quantitative estimate of drug-likeness (QED) is 0.551. The molecule has 1 aliphatic rings. The van der Waals surface area contributed by atoms with Crippen molar-refractivity contribution in [2.45, 2.75) is 19.0 Å². The van der Waals surface area contributed by atoms with E-state index < -0.39 is 0 Å². The van der Waals surface area contributed by atoms with Gasteiger partial charge in [-0.15, -0.1) is 0 Å². The largest absolute Gasteiger partial charge is 0.369 e. The maximum atomic E-state index is 13.4. The van der Waals surface area contributed by atoms with Gasteiger partial charge in [-0.05, 0) is 42.3 Å². The van der Waals surface area contributed by atoms with Crippen LogP contribution in [-0.2, 0) is 0 Å². The molecule has 33 heavy (non-hydrogen) atoms. The maximum absolute atomic E-state index is 13.4. The first-order valence-electron chi connectivity index (χ1n) is 11.5. The van der Waals surface area contributed by atoms with Crippen molar-refractivity contribution in [1.29, 1.82) is 0 Å². The lowest BCUT2D eigenvalue weighted by Crippen LogP contribution is -2.51. The molecule has 2 amide bonds. The fraction of sp³-hybridized carbons (Fsp3) is 0.296. The topological polar surface area (TPSA) is 47.6 Å². The summed E-state index contributed by atoms with van der Waals surface area (Å²) in [6.45, 7) is 5.81. The number of carbonyl (C=O) groups excluding carboxylic acids is 1. The molecular weight excluding hydrogens is 415 g/mol. The Balaban J connectivity index is 1.61. The molecule has 172 valence electrons. The molecule has 0 unspecified atom stereocenters. The van der Waals surface area contributed by atoms with Crippen LogP contribution in [0.5, 0.6) is 0 Å². The molecule has 0 spiro atoms. The molecule has 5 nitrogen and oxygen atoms in total. The normalized spacial score (nSPS) is 16.1. The number of nitrogens with zero attached hydrogens (tertiary/aromatic N) is 2. The predicted octanol–water partition coefficient (Wildman–Crippen LogP) is 4.75. The van der Waals surface area contributed by atoms with Gasteiger partial charge in [-0.2, -0.15) is 0 Å². The van der Waals surface area contributed by atoms with Gasteiger partial charge >= 0.3 is 6.03 Å². The molecule has 1 saturated heterocycles. The van der Waals surface area contributed by atoms with E-state index >= 15 is 0 Å². The lowest BCUT2D eigenvalue weighted by atomic mass is 9.91. The van der Waals surface area contributed by atoms with E-state index in [2.05, 4.69) is 44.7 Å². The van der Waals surface area contributed by atoms with Crippen LogP contribution in [0.1, 0.15) is 30.1 Å². The lowest BCUT2D eigenvalue weighted by molar-refractivity contribution is 0.148. The first-order valence-corrected chi connectivity index (χ1v) is 11.5. The van der Waals surface area contributed by atoms with Gasteiger partial charge in [0.15, 0.2) is 0 Å². The zero-order chi connectivity index (χ0) is 23.0. The number of benzene rings is 3. The average molecular weight is 447 g/mol. The van der Waals surface area contributed by atoms with Gasteiger partial charge in [0.1, 0.15) is 5.82 Å². The van der Waals surface area contributed by atoms with E-state index in [-0.39, 0.29) is 23.9 Å². The highest BCUT2D eigenvalue weighted by Gasteiger charge is 2.33. The van der Waals surface area contributed by atoms with Gasteiger partial charge in [0.05, 0.1) is 12.1 Å². The highest BCUT2D eigenvalue weighted by Crippen LogP contribution is 2.35. The minimum atomic E-state index is -0.219. The summed E-state index contributed by atoms with van der Waals surface area (Å²) in [4.78, 5) is 17.4. The number of carbonyl (C=O) groups is 1. The summed E-state index contributed by atoms with van der Waals surface area (Å²) in [5, 5.41) is 6.11. The maximum Gasteiger partial charge on any atom is 0.315 e. The SMILES string of the molecule is CCNC(=O)N[C@@H](c1ccccc1)[C@@H](c1ccccc1)N1CCN(c2ccc(F)cc2)CC1. The fourth-order valence-electron chi connectivity index (χ4n) is 4.53. The van der Waals surface area contributed by atoms with Crippen molar-refractivity contribution in [3.8, 4) is 0 Å². The number of halogens is 1. The fourth-order valence-corrected chi connectivity index (χ4v) is 4.53. The summed E-state index contributed by atoms with van der Waals surface area (Å²) in [7, 11) is 0. The second-order valence-corrected chi connectivity index (χ2v) is 8.25. The number of hydrogen-bond donors (Lipinski definition) is 2. The third-order valence-corrected chi connectivity index (χ3v) is 6.14. The van der Waals surface area contributed by atoms with Crippen molar-refractivity contribution >= 4 is 11.7 Å². The molecule has 0 saturated carbocycles. The van der Waals surface area contributed by atoms with Gasteiger partial charge in [0, 0.05) is 38.4 Å². The second kappa shape index (κ2) is 11.0. The molecule has 0 aliphatic carbocycles. The molecule has 6 heteroatoms. The lowest BCUT2D eigenvalue weighted by Gasteiger charge is -2.43. The van der Waals surface area contributed by atoms with Crippen molar-refractivity contribution in [2.24, 2.45) is 0 Å². The van der Waals surface area contributed by atoms with Gasteiger partial charge < -0.3 is 15.5 Å². The average Bonchev–Trinajstić information content (AvgIpc) is 2.86. The van der Waals surface area contributed by atoms with Gasteiger partial charge in [-0.25, -0.2) is 9.18 Å². The monoisotopic (exact) mass is 446 g/mol. The molecule has 1 aliphatic heterocycles. The van der Waals surface area contributed by atoms with Crippen molar-refractivity contribution in [3.05, 3.63) is 102 Å². The first-order chi connectivity index (χ1) is 16.2. The highest BCUT2D eigenvalue weighted by molar-refractivity contribution is 5.74. The smallest absolute Gasteiger partial charge is 0.315 e. The van der Waals surface area contributed by atoms with Crippen LogP contribution in [0.15, 0.2) is 84.9 Å². The molecule has 0 bridgehead atoms. The standard InChI is InChI=1S/C27H31FN4O/c1-2-29-27(33)30-25(21-9-5-3-6-10-21)26(22-11-7-4-8-12-22)32-19-17-31(18-20-32)24-15-13-23(28)14-16-24/h3-16,25-26H,2,17-20H2,1H3,(H2,29,30,33)/t25-,26+/m0/s1. The molecule has 0 radical (unpaired) electrons. The van der Waals surface area contributed by atoms with Crippen LogP contribution in [0.4, 0.5) is 14.9 Å². The summed E-state index contributed by atoms with van der Waals surface area (Å²) in [6, 6.07) is 26.8. The summed E-state index contributed by atoms with van der Waals surface area (Å²) in [6.07, 6.45) is 0. The van der Waals surface area contributed by atoms with E-state index in [1.165, 1.54) is 17.7 Å². The Morgan fingerprint density at radius 1 is 0.848 bits per heavy atom. The summed E-state index contributed by atoms with van der Waals surface area (Å²) >= 11 is 0. The summed E-state index contributed by atoms with van der Waals surface area (Å²) in [5.74, 6) is -0.219. The van der Waals surface area contributed by atoms with Crippen molar-refractivity contribution in [3.63, 3.8) is 0 Å². The number of hydrogen-bond acceptors (Lipinski definition) is 3. The van der Waals surface area contributed by atoms with Crippen molar-refractivity contribution < 1.29 is 9.18 Å². The van der Waals surface area contributed by atoms with Crippen LogP contribution >= 0.6 is 0 Å². The van der Waals surface area contributed by atoms with E-state index in [9.17, 15) is 9.18 Å². The van der Waals surface area contributed by atoms with E-state index in [0.29, 0.717) is 6.54 Å². The van der Waals surface area contributed by atoms with Crippen molar-refractivity contribution in [1.82, 2.24) is 15.5 Å². The second-order valence-electron chi connectivity index (χ2n) is 8.25. The Bertz CT molecular complexity index is 1010. The summed E-state index contributed by atoms with van der Waals surface area (Å²) < 4.78 is 13.4. The molecule has 2 N–H and O–H groups in total. The Morgan fingerprint density at radius 3 is 2.00 bits per heavy atom. The summed E-state index contributed by atoms with van der Waals surface area (Å²) in [5.41, 5.74) is 3.27. The van der Waals surface area contributed by atoms with Gasteiger partial charge in [0.25, 0.3) is 0 Å². The van der Waals surface area contributed by atoms with E-state index in [4.69, 9.17) is 0 Å². The third-order valence-electron chi connectivity index (χ3n) is 6.14. The van der Waals surface area contributed by atoms with Crippen molar-refractivity contribution in [2.75, 3.05) is 37.6 Å². The van der Waals surface area contributed by atoms with E-state index in [1.807, 2.05) is 55.5 Å². The van der Waals surface area contributed by atoms with E-state index in [1.54, 1.807) is 0 Å². The van der Waals surface area contributed by atoms with Gasteiger partial charge in [-0.1, -0.05) is 60.7 Å². The number of amides is 2. The van der Waals surface area contributed by atoms with Crippen LogP contribution in [0.2, 0.25) is 0 Å². The first kappa shape index (κ1) is 22.8. The van der Waals surface area contributed by atoms with Gasteiger partial charge in [-0.3, -0.25) is 4.90 Å². The number of nitrogens with one attached hydrogen (secondary N) is 2. The molecule has 0 aromatic heterocycles. The number of rotatable bonds is 7. The highest BCUT2D eigenvalue weighted by atomic mass is 19.1. The Labute approximate surface area is 195 Å². The van der Waals surface area contributed by atoms with Crippen LogP contribution in [0, 0.1) is 5.82 Å². The molecule has 2 atom stereocenters. The minimum Gasteiger partial charge on any atom is -0.369 e. The number of urea groups is 1. The Morgan fingerprint density at radius 2 is 1.42 bits per heavy atom. The number of piperazine rings is 1. The van der Waals surface area contributed by atoms with Gasteiger partial charge in [0.2, 0.25) is 0 Å². The van der Waals surface area contributed by atoms with Crippen LogP contribution in [0.25, 0.3) is 0 Å². The minimum absolute atomic E-state index is 0.0217. The van der Waals surface area contributed by atoms with Crippen LogP contribution in [0.3, 0.4) is 0 Å². The molecule has 3 aromatic carbocycles. The van der Waals surface area contributed by atoms with Crippen LogP contribution < -0.4 is 15.5 Å². The zero-order valence-corrected chi connectivity index (χ0v) is 19.0. The molecular formula is C27H31FN4O. The van der Waals surface area contributed by atoms with Crippen LogP contribution in [-0.4, -0.2) is 43.7 Å².